The van der Waals surface area contributed by atoms with Crippen LogP contribution in [0.3, 0.4) is 0 Å². The monoisotopic (exact) mass is 248 g/mol. The molecule has 0 saturated heterocycles. The number of halogens is 1. The summed E-state index contributed by atoms with van der Waals surface area (Å²) in [6, 6.07) is 7.79. The van der Waals surface area contributed by atoms with Crippen LogP contribution in [-0.4, -0.2) is 16.6 Å². The van der Waals surface area contributed by atoms with Crippen LogP contribution in [0.4, 0.5) is 0 Å². The van der Waals surface area contributed by atoms with Gasteiger partial charge in [-0.2, -0.15) is 0 Å². The van der Waals surface area contributed by atoms with Gasteiger partial charge in [-0.3, -0.25) is 0 Å². The van der Waals surface area contributed by atoms with Crippen molar-refractivity contribution in [1.29, 1.82) is 0 Å². The van der Waals surface area contributed by atoms with Gasteiger partial charge in [-0.05, 0) is 38.1 Å². The molecule has 0 spiro atoms. The lowest BCUT2D eigenvalue weighted by Gasteiger charge is -2.07. The maximum atomic E-state index is 5.97. The molecule has 88 valence electrons. The molecule has 0 aliphatic rings. The van der Waals surface area contributed by atoms with Gasteiger partial charge in [0.2, 0.25) is 0 Å². The fourth-order valence-corrected chi connectivity index (χ4v) is 1.73. The van der Waals surface area contributed by atoms with Crippen molar-refractivity contribution in [2.75, 3.05) is 6.61 Å². The molecule has 1 aromatic heterocycles. The lowest BCUT2D eigenvalue weighted by Crippen LogP contribution is -1.93. The van der Waals surface area contributed by atoms with Gasteiger partial charge in [-0.15, -0.1) is 0 Å². The van der Waals surface area contributed by atoms with E-state index in [4.69, 9.17) is 16.3 Å². The van der Waals surface area contributed by atoms with Crippen LogP contribution in [-0.2, 0) is 0 Å². The fourth-order valence-electron chi connectivity index (χ4n) is 1.60. The molecule has 0 unspecified atom stereocenters. The number of hydrogen-bond acceptors (Lipinski definition) is 3. The minimum absolute atomic E-state index is 0.490. The van der Waals surface area contributed by atoms with E-state index >= 15 is 0 Å². The van der Waals surface area contributed by atoms with E-state index < -0.39 is 0 Å². The number of aromatic nitrogens is 2. The smallest absolute Gasteiger partial charge is 0.135 e. The Kier molecular flexibility index (Phi) is 3.59. The third-order valence-electron chi connectivity index (χ3n) is 2.46. The van der Waals surface area contributed by atoms with Crippen LogP contribution in [0.25, 0.3) is 11.3 Å². The summed E-state index contributed by atoms with van der Waals surface area (Å²) in [7, 11) is 0. The molecule has 0 atom stereocenters. The number of nitrogens with zero attached hydrogens (tertiary/aromatic N) is 2. The highest BCUT2D eigenvalue weighted by Gasteiger charge is 2.07. The molecule has 1 heterocycles. The topological polar surface area (TPSA) is 35.0 Å². The Bertz CT molecular complexity index is 511. The molecule has 3 nitrogen and oxygen atoms in total. The fraction of sp³-hybridized carbons (Fsp3) is 0.231. The largest absolute Gasteiger partial charge is 0.494 e. The van der Waals surface area contributed by atoms with Crippen LogP contribution in [0, 0.1) is 6.92 Å². The van der Waals surface area contributed by atoms with E-state index in [1.54, 1.807) is 0 Å². The van der Waals surface area contributed by atoms with E-state index in [-0.39, 0.29) is 0 Å². The zero-order valence-corrected chi connectivity index (χ0v) is 10.5. The van der Waals surface area contributed by atoms with Gasteiger partial charge in [0.25, 0.3) is 0 Å². The third kappa shape index (κ3) is 2.56. The predicted octanol–water partition coefficient (Wildman–Crippen LogP) is 3.50. The lowest BCUT2D eigenvalue weighted by molar-refractivity contribution is 0.340. The number of ether oxygens (including phenoxy) is 1. The minimum atomic E-state index is 0.490. The van der Waals surface area contributed by atoms with Gasteiger partial charge in [0.1, 0.15) is 17.2 Å². The van der Waals surface area contributed by atoms with Crippen LogP contribution in [0.15, 0.2) is 30.6 Å². The molecule has 0 amide bonds. The molecule has 0 radical (unpaired) electrons. The molecule has 0 aliphatic carbocycles. The zero-order chi connectivity index (χ0) is 12.3. The average Bonchev–Trinajstić information content (AvgIpc) is 2.34. The molecule has 0 N–H and O–H groups in total. The Morgan fingerprint density at radius 1 is 1.18 bits per heavy atom. The van der Waals surface area contributed by atoms with Crippen molar-refractivity contribution in [1.82, 2.24) is 9.97 Å². The van der Waals surface area contributed by atoms with Crippen molar-refractivity contribution in [2.24, 2.45) is 0 Å². The second kappa shape index (κ2) is 5.15. The van der Waals surface area contributed by atoms with Crippen molar-refractivity contribution >= 4 is 11.6 Å². The first-order chi connectivity index (χ1) is 8.22. The molecule has 0 aliphatic heterocycles. The normalized spacial score (nSPS) is 10.3. The minimum Gasteiger partial charge on any atom is -0.494 e. The van der Waals surface area contributed by atoms with Crippen molar-refractivity contribution in [3.63, 3.8) is 0 Å². The Morgan fingerprint density at radius 3 is 2.53 bits per heavy atom. The third-order valence-corrected chi connectivity index (χ3v) is 2.84. The SMILES string of the molecule is CCOc1ccc(-c2ncnc(Cl)c2C)cc1. The summed E-state index contributed by atoms with van der Waals surface area (Å²) in [5.74, 6) is 0.856. The van der Waals surface area contributed by atoms with E-state index in [0.717, 1.165) is 22.6 Å². The standard InChI is InChI=1S/C13H13ClN2O/c1-3-17-11-6-4-10(5-7-11)12-9(2)13(14)16-8-15-12/h4-8H,3H2,1-2H3. The Morgan fingerprint density at radius 2 is 1.88 bits per heavy atom. The lowest BCUT2D eigenvalue weighted by atomic mass is 10.1. The van der Waals surface area contributed by atoms with Gasteiger partial charge in [0.15, 0.2) is 0 Å². The van der Waals surface area contributed by atoms with E-state index in [1.807, 2.05) is 38.1 Å². The quantitative estimate of drug-likeness (QED) is 0.780. The van der Waals surface area contributed by atoms with Gasteiger partial charge in [0.05, 0.1) is 12.3 Å². The molecule has 2 aromatic rings. The summed E-state index contributed by atoms with van der Waals surface area (Å²) in [4.78, 5) is 8.19. The van der Waals surface area contributed by atoms with E-state index in [1.165, 1.54) is 6.33 Å². The van der Waals surface area contributed by atoms with Gasteiger partial charge in [0, 0.05) is 11.1 Å². The summed E-state index contributed by atoms with van der Waals surface area (Å²) >= 11 is 5.97. The van der Waals surface area contributed by atoms with Gasteiger partial charge >= 0.3 is 0 Å². The molecule has 0 fully saturated rings. The van der Waals surface area contributed by atoms with Crippen molar-refractivity contribution < 1.29 is 4.74 Å². The summed E-state index contributed by atoms with van der Waals surface area (Å²) in [5.41, 5.74) is 2.75. The van der Waals surface area contributed by atoms with E-state index in [9.17, 15) is 0 Å². The summed E-state index contributed by atoms with van der Waals surface area (Å²) < 4.78 is 5.39. The molecular formula is C13H13ClN2O. The highest BCUT2D eigenvalue weighted by atomic mass is 35.5. The summed E-state index contributed by atoms with van der Waals surface area (Å²) in [6.07, 6.45) is 1.47. The first-order valence-corrected chi connectivity index (χ1v) is 5.80. The second-order valence-electron chi connectivity index (χ2n) is 3.60. The van der Waals surface area contributed by atoms with E-state index in [0.29, 0.717) is 11.8 Å². The molecule has 0 saturated carbocycles. The van der Waals surface area contributed by atoms with Crippen molar-refractivity contribution in [2.45, 2.75) is 13.8 Å². The molecular weight excluding hydrogens is 236 g/mol. The average molecular weight is 249 g/mol. The van der Waals surface area contributed by atoms with Crippen LogP contribution in [0.2, 0.25) is 5.15 Å². The highest BCUT2D eigenvalue weighted by Crippen LogP contribution is 2.26. The molecule has 0 bridgehead atoms. The molecule has 17 heavy (non-hydrogen) atoms. The van der Waals surface area contributed by atoms with Crippen LogP contribution < -0.4 is 4.74 Å². The van der Waals surface area contributed by atoms with Crippen LogP contribution >= 0.6 is 11.6 Å². The van der Waals surface area contributed by atoms with Crippen molar-refractivity contribution in [3.8, 4) is 17.0 Å². The molecule has 2 rings (SSSR count). The second-order valence-corrected chi connectivity index (χ2v) is 3.95. The number of rotatable bonds is 3. The predicted molar refractivity (Wildman–Crippen MR) is 68.4 cm³/mol. The first-order valence-electron chi connectivity index (χ1n) is 5.42. The maximum absolute atomic E-state index is 5.97. The van der Waals surface area contributed by atoms with Gasteiger partial charge in [-0.25, -0.2) is 9.97 Å². The Hall–Kier alpha value is -1.61. The van der Waals surface area contributed by atoms with Gasteiger partial charge < -0.3 is 4.74 Å². The van der Waals surface area contributed by atoms with Crippen LogP contribution in [0.1, 0.15) is 12.5 Å². The summed E-state index contributed by atoms with van der Waals surface area (Å²) in [5, 5.41) is 0.490. The molecule has 4 heteroatoms. The Balaban J connectivity index is 2.36. The van der Waals surface area contributed by atoms with E-state index in [2.05, 4.69) is 9.97 Å². The van der Waals surface area contributed by atoms with Crippen LogP contribution in [0.5, 0.6) is 5.75 Å². The first kappa shape index (κ1) is 11.9. The van der Waals surface area contributed by atoms with Gasteiger partial charge in [-0.1, -0.05) is 11.6 Å². The molecule has 1 aromatic carbocycles. The highest BCUT2D eigenvalue weighted by molar-refractivity contribution is 6.30. The maximum Gasteiger partial charge on any atom is 0.135 e. The Labute approximate surface area is 105 Å². The zero-order valence-electron chi connectivity index (χ0n) is 9.77. The number of hydrogen-bond donors (Lipinski definition) is 0. The number of benzene rings is 1. The summed E-state index contributed by atoms with van der Waals surface area (Å²) in [6.45, 7) is 4.54. The van der Waals surface area contributed by atoms with Crippen molar-refractivity contribution in [3.05, 3.63) is 41.3 Å².